The maximum atomic E-state index is 12.4. The summed E-state index contributed by atoms with van der Waals surface area (Å²) in [6.45, 7) is 3.82. The molecule has 1 aromatic heterocycles. The predicted octanol–water partition coefficient (Wildman–Crippen LogP) is 3.81. The second-order valence-electron chi connectivity index (χ2n) is 5.32. The Morgan fingerprint density at radius 3 is 2.68 bits per heavy atom. The number of phenolic OH excluding ortho intramolecular Hbond substituents is 1. The fourth-order valence-corrected chi connectivity index (χ4v) is 2.40. The summed E-state index contributed by atoms with van der Waals surface area (Å²) in [5.74, 6) is -0.124. The van der Waals surface area contributed by atoms with Crippen LogP contribution >= 0.6 is 0 Å². The van der Waals surface area contributed by atoms with Crippen LogP contribution in [0.5, 0.6) is 5.75 Å². The molecule has 0 unspecified atom stereocenters. The van der Waals surface area contributed by atoms with Crippen molar-refractivity contribution in [1.29, 1.82) is 0 Å². The van der Waals surface area contributed by atoms with E-state index in [1.807, 2.05) is 38.1 Å². The fraction of sp³-hybridized carbons (Fsp3) is 0.111. The summed E-state index contributed by atoms with van der Waals surface area (Å²) in [5.41, 5.74) is 3.75. The molecule has 0 aliphatic carbocycles. The number of carbonyl (C=O) groups excluding carboxylic acids is 1. The third kappa shape index (κ3) is 2.76. The van der Waals surface area contributed by atoms with Crippen LogP contribution in [0.3, 0.4) is 0 Å². The van der Waals surface area contributed by atoms with Crippen LogP contribution in [0.4, 0.5) is 5.69 Å². The van der Waals surface area contributed by atoms with Crippen molar-refractivity contribution in [2.45, 2.75) is 13.8 Å². The molecule has 3 rings (SSSR count). The summed E-state index contributed by atoms with van der Waals surface area (Å²) in [7, 11) is 0. The van der Waals surface area contributed by atoms with Gasteiger partial charge in [-0.3, -0.25) is 9.78 Å². The Kier molecular flexibility index (Phi) is 3.51. The van der Waals surface area contributed by atoms with E-state index in [2.05, 4.69) is 10.3 Å². The molecule has 110 valence electrons. The first-order valence-electron chi connectivity index (χ1n) is 7.01. The standard InChI is InChI=1S/C18H16N2O2/c1-11-6-7-17-13(8-11)9-16(12(2)19-17)18(22)20-14-4-3-5-15(21)10-14/h3-10,21H,1-2H3,(H,20,22). The van der Waals surface area contributed by atoms with Gasteiger partial charge in [-0.15, -0.1) is 0 Å². The molecule has 0 bridgehead atoms. The van der Waals surface area contributed by atoms with Gasteiger partial charge in [0, 0.05) is 17.1 Å². The summed E-state index contributed by atoms with van der Waals surface area (Å²) in [6, 6.07) is 14.3. The minimum Gasteiger partial charge on any atom is -0.508 e. The number of aromatic nitrogens is 1. The molecule has 2 aromatic carbocycles. The molecule has 0 radical (unpaired) electrons. The minimum atomic E-state index is -0.237. The highest BCUT2D eigenvalue weighted by molar-refractivity contribution is 6.06. The van der Waals surface area contributed by atoms with Gasteiger partial charge in [-0.05, 0) is 44.2 Å². The number of nitrogens with zero attached hydrogens (tertiary/aromatic N) is 1. The number of benzene rings is 2. The van der Waals surface area contributed by atoms with Crippen molar-refractivity contribution in [3.8, 4) is 5.75 Å². The average molecular weight is 292 g/mol. The van der Waals surface area contributed by atoms with Gasteiger partial charge < -0.3 is 10.4 Å². The number of aromatic hydroxyl groups is 1. The average Bonchev–Trinajstić information content (AvgIpc) is 2.47. The zero-order valence-corrected chi connectivity index (χ0v) is 12.4. The van der Waals surface area contributed by atoms with Gasteiger partial charge in [-0.2, -0.15) is 0 Å². The molecule has 1 heterocycles. The van der Waals surface area contributed by atoms with Crippen LogP contribution in [0.1, 0.15) is 21.6 Å². The molecule has 22 heavy (non-hydrogen) atoms. The lowest BCUT2D eigenvalue weighted by Crippen LogP contribution is -2.14. The Hall–Kier alpha value is -2.88. The number of hydrogen-bond donors (Lipinski definition) is 2. The second kappa shape index (κ2) is 5.48. The van der Waals surface area contributed by atoms with Crippen LogP contribution in [0.15, 0.2) is 48.5 Å². The van der Waals surface area contributed by atoms with Crippen LogP contribution in [0.25, 0.3) is 10.9 Å². The van der Waals surface area contributed by atoms with Gasteiger partial charge in [0.1, 0.15) is 5.75 Å². The second-order valence-corrected chi connectivity index (χ2v) is 5.32. The molecule has 4 heteroatoms. The van der Waals surface area contributed by atoms with Gasteiger partial charge in [-0.25, -0.2) is 0 Å². The normalized spacial score (nSPS) is 10.6. The number of rotatable bonds is 2. The van der Waals surface area contributed by atoms with Gasteiger partial charge >= 0.3 is 0 Å². The van der Waals surface area contributed by atoms with Gasteiger partial charge in [0.15, 0.2) is 0 Å². The molecule has 3 aromatic rings. The maximum absolute atomic E-state index is 12.4. The Balaban J connectivity index is 1.98. The van der Waals surface area contributed by atoms with Gasteiger partial charge in [0.05, 0.1) is 16.8 Å². The van der Waals surface area contributed by atoms with Crippen LogP contribution < -0.4 is 5.32 Å². The monoisotopic (exact) mass is 292 g/mol. The Morgan fingerprint density at radius 2 is 1.91 bits per heavy atom. The highest BCUT2D eigenvalue weighted by Gasteiger charge is 2.12. The Bertz CT molecular complexity index is 872. The summed E-state index contributed by atoms with van der Waals surface area (Å²) in [5, 5.41) is 13.2. The molecule has 0 saturated heterocycles. The van der Waals surface area contributed by atoms with Crippen molar-refractivity contribution in [2.75, 3.05) is 5.32 Å². The van der Waals surface area contributed by atoms with Crippen molar-refractivity contribution in [2.24, 2.45) is 0 Å². The smallest absolute Gasteiger partial charge is 0.257 e. The van der Waals surface area contributed by atoms with E-state index in [4.69, 9.17) is 0 Å². The number of aryl methyl sites for hydroxylation is 2. The number of hydrogen-bond acceptors (Lipinski definition) is 3. The molecule has 1 amide bonds. The zero-order chi connectivity index (χ0) is 15.7. The van der Waals surface area contributed by atoms with Gasteiger partial charge in [-0.1, -0.05) is 17.7 Å². The molecule has 0 saturated carbocycles. The fourth-order valence-electron chi connectivity index (χ4n) is 2.40. The molecule has 0 aliphatic rings. The molecular formula is C18H16N2O2. The number of nitrogens with one attached hydrogen (secondary N) is 1. The van der Waals surface area contributed by atoms with Crippen molar-refractivity contribution in [3.63, 3.8) is 0 Å². The lowest BCUT2D eigenvalue weighted by atomic mass is 10.1. The SMILES string of the molecule is Cc1ccc2nc(C)c(C(=O)Nc3cccc(O)c3)cc2c1. The Morgan fingerprint density at radius 1 is 1.09 bits per heavy atom. The number of amides is 1. The minimum absolute atomic E-state index is 0.113. The third-order valence-electron chi connectivity index (χ3n) is 3.51. The van der Waals surface area contributed by atoms with Crippen molar-refractivity contribution < 1.29 is 9.90 Å². The van der Waals surface area contributed by atoms with E-state index in [0.29, 0.717) is 16.9 Å². The van der Waals surface area contributed by atoms with Gasteiger partial charge in [0.25, 0.3) is 5.91 Å². The molecule has 2 N–H and O–H groups in total. The van der Waals surface area contributed by atoms with E-state index in [0.717, 1.165) is 16.5 Å². The molecular weight excluding hydrogens is 276 g/mol. The first-order chi connectivity index (χ1) is 10.5. The largest absolute Gasteiger partial charge is 0.508 e. The van der Waals surface area contributed by atoms with E-state index in [1.54, 1.807) is 18.2 Å². The molecule has 0 spiro atoms. The van der Waals surface area contributed by atoms with Crippen LogP contribution in [-0.2, 0) is 0 Å². The third-order valence-corrected chi connectivity index (χ3v) is 3.51. The number of carbonyl (C=O) groups is 1. The molecule has 0 fully saturated rings. The highest BCUT2D eigenvalue weighted by Crippen LogP contribution is 2.20. The first kappa shape index (κ1) is 14.1. The Labute approximate surface area is 128 Å². The number of pyridine rings is 1. The van der Waals surface area contributed by atoms with E-state index in [9.17, 15) is 9.90 Å². The first-order valence-corrected chi connectivity index (χ1v) is 7.01. The van der Waals surface area contributed by atoms with E-state index in [-0.39, 0.29) is 11.7 Å². The van der Waals surface area contributed by atoms with Gasteiger partial charge in [0.2, 0.25) is 0 Å². The van der Waals surface area contributed by atoms with E-state index < -0.39 is 0 Å². The summed E-state index contributed by atoms with van der Waals surface area (Å²) >= 11 is 0. The summed E-state index contributed by atoms with van der Waals surface area (Å²) in [6.07, 6.45) is 0. The van der Waals surface area contributed by atoms with Crippen LogP contribution in [0, 0.1) is 13.8 Å². The lowest BCUT2D eigenvalue weighted by Gasteiger charge is -2.09. The summed E-state index contributed by atoms with van der Waals surface area (Å²) < 4.78 is 0. The number of phenols is 1. The van der Waals surface area contributed by atoms with Crippen LogP contribution in [-0.4, -0.2) is 16.0 Å². The quantitative estimate of drug-likeness (QED) is 0.755. The predicted molar refractivity (Wildman–Crippen MR) is 87.3 cm³/mol. The molecule has 4 nitrogen and oxygen atoms in total. The topological polar surface area (TPSA) is 62.2 Å². The number of fused-ring (bicyclic) bond motifs is 1. The highest BCUT2D eigenvalue weighted by atomic mass is 16.3. The zero-order valence-electron chi connectivity index (χ0n) is 12.4. The van der Waals surface area contributed by atoms with E-state index in [1.165, 1.54) is 6.07 Å². The van der Waals surface area contributed by atoms with Crippen molar-refractivity contribution >= 4 is 22.5 Å². The molecule has 0 aliphatic heterocycles. The van der Waals surface area contributed by atoms with Crippen LogP contribution in [0.2, 0.25) is 0 Å². The van der Waals surface area contributed by atoms with Crippen molar-refractivity contribution in [3.05, 3.63) is 65.4 Å². The number of anilines is 1. The summed E-state index contributed by atoms with van der Waals surface area (Å²) in [4.78, 5) is 16.9. The lowest BCUT2D eigenvalue weighted by molar-refractivity contribution is 0.102. The van der Waals surface area contributed by atoms with Crippen molar-refractivity contribution in [1.82, 2.24) is 4.98 Å². The molecule has 0 atom stereocenters. The van der Waals surface area contributed by atoms with E-state index >= 15 is 0 Å². The maximum Gasteiger partial charge on any atom is 0.257 e.